The lowest BCUT2D eigenvalue weighted by Gasteiger charge is -2.53. The van der Waals surface area contributed by atoms with Gasteiger partial charge in [-0.05, 0) is 28.2 Å². The lowest BCUT2D eigenvalue weighted by molar-refractivity contribution is -0.154. The van der Waals surface area contributed by atoms with Crippen molar-refractivity contribution in [2.75, 3.05) is 46.3 Å². The van der Waals surface area contributed by atoms with Crippen LogP contribution in [0.2, 0.25) is 0 Å². The molecule has 1 aromatic heterocycles. The second-order valence-electron chi connectivity index (χ2n) is 8.25. The molecule has 2 aliphatic heterocycles. The van der Waals surface area contributed by atoms with Crippen LogP contribution in [0.3, 0.4) is 0 Å². The number of nitrogens with two attached hydrogens (primary N) is 1. The number of amides is 2. The quantitative estimate of drug-likeness (QED) is 0.114. The number of β-lactam (4-membered cyclic amide) rings is 1. The molecule has 1 saturated heterocycles. The van der Waals surface area contributed by atoms with Crippen molar-refractivity contribution < 1.29 is 38.2 Å². The fraction of sp³-hybridized carbons (Fsp3) is 0.474. The molecular formula is C19H26N7O8PS2. The maximum atomic E-state index is 13.4. The van der Waals surface area contributed by atoms with Crippen LogP contribution in [0.4, 0.5) is 5.13 Å². The maximum Gasteiger partial charge on any atom is 0.415 e. The molecule has 1 aromatic rings. The van der Waals surface area contributed by atoms with Gasteiger partial charge in [0.15, 0.2) is 15.8 Å². The molecule has 15 nitrogen and oxygen atoms in total. The molecule has 1 unspecified atom stereocenters. The highest BCUT2D eigenvalue weighted by molar-refractivity contribution is 8.01. The van der Waals surface area contributed by atoms with Crippen molar-refractivity contribution in [3.8, 4) is 0 Å². The Labute approximate surface area is 220 Å². The summed E-state index contributed by atoms with van der Waals surface area (Å²) >= 11 is 2.11. The standard InChI is InChI=1S/C19H26N7O8PS2/c1-10(27)33-7-11-8-37-19(6-13(28)26(19)15(11)17(30)31)22-16(29)14(12-9-36-18(20)21-12)23-34-35(32,24(2)3)25(4)5/h9H,6-8H2,1-5H3,(H2,20,21)(H,22,29)(H,30,31). The van der Waals surface area contributed by atoms with Crippen molar-refractivity contribution in [1.29, 1.82) is 0 Å². The van der Waals surface area contributed by atoms with Gasteiger partial charge in [0.25, 0.3) is 5.91 Å². The van der Waals surface area contributed by atoms with E-state index in [0.29, 0.717) is 0 Å². The number of aliphatic carboxylic acids is 1. The van der Waals surface area contributed by atoms with Gasteiger partial charge in [-0.3, -0.25) is 19.3 Å². The molecule has 37 heavy (non-hydrogen) atoms. The van der Waals surface area contributed by atoms with Crippen molar-refractivity contribution in [3.63, 3.8) is 0 Å². The Morgan fingerprint density at radius 3 is 2.46 bits per heavy atom. The van der Waals surface area contributed by atoms with Gasteiger partial charge in [0, 0.05) is 23.6 Å². The van der Waals surface area contributed by atoms with Gasteiger partial charge in [-0.1, -0.05) is 5.16 Å². The van der Waals surface area contributed by atoms with E-state index in [9.17, 15) is 28.8 Å². The summed E-state index contributed by atoms with van der Waals surface area (Å²) in [5, 5.41) is 17.9. The Morgan fingerprint density at radius 2 is 1.97 bits per heavy atom. The zero-order valence-electron chi connectivity index (χ0n) is 20.6. The number of esters is 1. The van der Waals surface area contributed by atoms with E-state index in [-0.39, 0.29) is 46.6 Å². The number of thioether (sulfide) groups is 1. The number of nitrogen functional groups attached to an aromatic ring is 1. The minimum absolute atomic E-state index is 0.0306. The van der Waals surface area contributed by atoms with Crippen LogP contribution in [-0.2, 0) is 33.1 Å². The number of carboxylic acids is 1. The number of fused-ring (bicyclic) bond motifs is 1. The Hall–Kier alpha value is -2.98. The maximum absolute atomic E-state index is 13.4. The van der Waals surface area contributed by atoms with Crippen molar-refractivity contribution in [1.82, 2.24) is 24.5 Å². The molecule has 0 radical (unpaired) electrons. The number of ether oxygens (including phenoxy) is 1. The SMILES string of the molecule is CC(=O)OCC1=C(C(=O)O)N2C(=O)CC2(NC(=O)C(=NOP(=O)(N(C)C)N(C)C)c2csc(N)n2)SC1. The smallest absolute Gasteiger partial charge is 0.415 e. The van der Waals surface area contributed by atoms with E-state index in [1.54, 1.807) is 0 Å². The van der Waals surface area contributed by atoms with Crippen LogP contribution in [-0.4, -0.2) is 99.3 Å². The van der Waals surface area contributed by atoms with Crippen molar-refractivity contribution >= 4 is 65.4 Å². The fourth-order valence-electron chi connectivity index (χ4n) is 3.44. The van der Waals surface area contributed by atoms with Crippen molar-refractivity contribution in [2.45, 2.75) is 18.3 Å². The number of rotatable bonds is 10. The van der Waals surface area contributed by atoms with Crippen LogP contribution in [0.1, 0.15) is 19.0 Å². The zero-order chi connectivity index (χ0) is 27.7. The van der Waals surface area contributed by atoms with Crippen LogP contribution in [0, 0.1) is 0 Å². The number of oxime groups is 1. The molecule has 1 fully saturated rings. The van der Waals surface area contributed by atoms with Gasteiger partial charge in [-0.15, -0.1) is 23.1 Å². The summed E-state index contributed by atoms with van der Waals surface area (Å²) in [6, 6.07) is 0. The second-order valence-corrected chi connectivity index (χ2v) is 13.1. The first-order valence-electron chi connectivity index (χ1n) is 10.5. The monoisotopic (exact) mass is 575 g/mol. The first kappa shape index (κ1) is 28.6. The number of carbonyl (C=O) groups excluding carboxylic acids is 3. The first-order valence-corrected chi connectivity index (χ1v) is 13.9. The lowest BCUT2D eigenvalue weighted by atomic mass is 10.0. The lowest BCUT2D eigenvalue weighted by Crippen LogP contribution is -2.72. The summed E-state index contributed by atoms with van der Waals surface area (Å²) in [6.45, 7) is 0.858. The molecule has 0 saturated carbocycles. The zero-order valence-corrected chi connectivity index (χ0v) is 23.1. The van der Waals surface area contributed by atoms with E-state index in [1.807, 2.05) is 0 Å². The Bertz CT molecular complexity index is 1230. The van der Waals surface area contributed by atoms with Crippen LogP contribution < -0.4 is 11.1 Å². The summed E-state index contributed by atoms with van der Waals surface area (Å²) in [6.07, 6.45) is -0.206. The molecule has 3 rings (SSSR count). The highest BCUT2D eigenvalue weighted by Gasteiger charge is 2.59. The molecule has 0 aliphatic carbocycles. The molecule has 4 N–H and O–H groups in total. The number of hydrogen-bond acceptors (Lipinski definition) is 12. The van der Waals surface area contributed by atoms with Gasteiger partial charge >= 0.3 is 19.6 Å². The third kappa shape index (κ3) is 5.65. The van der Waals surface area contributed by atoms with E-state index in [4.69, 9.17) is 15.1 Å². The summed E-state index contributed by atoms with van der Waals surface area (Å²) in [5.74, 6) is -3.40. The van der Waals surface area contributed by atoms with Crippen LogP contribution in [0.5, 0.6) is 0 Å². The second kappa shape index (κ2) is 10.8. The molecule has 0 spiro atoms. The third-order valence-corrected chi connectivity index (χ3v) is 9.62. The molecule has 18 heteroatoms. The van der Waals surface area contributed by atoms with E-state index < -0.39 is 36.4 Å². The fourth-order valence-corrected chi connectivity index (χ4v) is 6.53. The third-order valence-electron chi connectivity index (χ3n) is 5.24. The summed E-state index contributed by atoms with van der Waals surface area (Å²) in [5.41, 5.74) is 5.19. The summed E-state index contributed by atoms with van der Waals surface area (Å²) in [7, 11) is 2.42. The number of aromatic nitrogens is 1. The molecule has 0 bridgehead atoms. The van der Waals surface area contributed by atoms with Crippen molar-refractivity contribution in [2.24, 2.45) is 5.16 Å². The number of nitrogens with one attached hydrogen (secondary N) is 1. The molecule has 3 heterocycles. The Morgan fingerprint density at radius 1 is 1.32 bits per heavy atom. The predicted octanol–water partition coefficient (Wildman–Crippen LogP) is 0.328. The first-order chi connectivity index (χ1) is 17.2. The summed E-state index contributed by atoms with van der Waals surface area (Å²) in [4.78, 5) is 52.8. The minimum atomic E-state index is -3.64. The highest BCUT2D eigenvalue weighted by Crippen LogP contribution is 2.51. The van der Waals surface area contributed by atoms with Crippen molar-refractivity contribution in [3.05, 3.63) is 22.3 Å². The van der Waals surface area contributed by atoms with E-state index in [1.165, 1.54) is 49.8 Å². The topological polar surface area (TPSA) is 197 Å². The molecule has 2 aliphatic rings. The van der Waals surface area contributed by atoms with E-state index >= 15 is 0 Å². The average Bonchev–Trinajstić information content (AvgIpc) is 3.22. The van der Waals surface area contributed by atoms with Gasteiger partial charge in [-0.25, -0.2) is 23.7 Å². The normalized spacial score (nSPS) is 20.0. The van der Waals surface area contributed by atoms with Crippen LogP contribution in [0.25, 0.3) is 0 Å². The highest BCUT2D eigenvalue weighted by atomic mass is 32.2. The number of carbonyl (C=O) groups is 4. The average molecular weight is 576 g/mol. The number of anilines is 1. The Kier molecular flexibility index (Phi) is 8.34. The molecule has 202 valence electrons. The molecular weight excluding hydrogens is 549 g/mol. The molecule has 0 aromatic carbocycles. The number of nitrogens with zero attached hydrogens (tertiary/aromatic N) is 5. The molecule has 1 atom stereocenters. The summed E-state index contributed by atoms with van der Waals surface area (Å²) < 4.78 is 26.1. The molecule has 2 amide bonds. The van der Waals surface area contributed by atoms with Crippen LogP contribution in [0.15, 0.2) is 21.8 Å². The van der Waals surface area contributed by atoms with E-state index in [0.717, 1.165) is 28.0 Å². The van der Waals surface area contributed by atoms with Gasteiger partial charge in [0.1, 0.15) is 18.0 Å². The minimum Gasteiger partial charge on any atom is -0.477 e. The number of carboxylic acid groups (broad SMARTS) is 1. The van der Waals surface area contributed by atoms with Gasteiger partial charge < -0.3 is 25.5 Å². The van der Waals surface area contributed by atoms with Gasteiger partial charge in [0.2, 0.25) is 5.91 Å². The van der Waals surface area contributed by atoms with Gasteiger partial charge in [0.05, 0.1) is 6.42 Å². The van der Waals surface area contributed by atoms with Gasteiger partial charge in [-0.2, -0.15) is 0 Å². The van der Waals surface area contributed by atoms with E-state index in [2.05, 4.69) is 15.5 Å². The number of thiazole rings is 1. The number of hydrogen-bond donors (Lipinski definition) is 3. The largest absolute Gasteiger partial charge is 0.477 e. The predicted molar refractivity (Wildman–Crippen MR) is 135 cm³/mol. The Balaban J connectivity index is 1.96. The van der Waals surface area contributed by atoms with Crippen LogP contribution >= 0.6 is 30.8 Å².